The van der Waals surface area contributed by atoms with Gasteiger partial charge in [0, 0.05) is 24.6 Å². The largest absolute Gasteiger partial charge is 0.399 e. The zero-order valence-corrected chi connectivity index (χ0v) is 10.5. The van der Waals surface area contributed by atoms with Gasteiger partial charge in [0.2, 0.25) is 0 Å². The molecular weight excluding hydrogens is 250 g/mol. The molecule has 0 unspecified atom stereocenters. The molecule has 0 bridgehead atoms. The number of pyridine rings is 1. The number of aromatic nitrogens is 1. The molecule has 3 N–H and O–H groups in total. The summed E-state index contributed by atoms with van der Waals surface area (Å²) in [5.74, 6) is 0.703. The highest BCUT2D eigenvalue weighted by Crippen LogP contribution is 2.15. The van der Waals surface area contributed by atoms with E-state index in [2.05, 4.69) is 10.3 Å². The Bertz CT molecular complexity index is 442. The van der Waals surface area contributed by atoms with E-state index >= 15 is 0 Å². The average molecular weight is 264 g/mol. The van der Waals surface area contributed by atoms with Crippen molar-refractivity contribution in [3.05, 3.63) is 17.3 Å². The summed E-state index contributed by atoms with van der Waals surface area (Å²) >= 11 is 5.71. The monoisotopic (exact) mass is 263 g/mol. The zero-order chi connectivity index (χ0) is 12.2. The lowest BCUT2D eigenvalue weighted by atomic mass is 10.4. The number of nitrogens with two attached hydrogens (primary N) is 1. The van der Waals surface area contributed by atoms with E-state index < -0.39 is 9.84 Å². The Hall–Kier alpha value is -1.01. The first-order valence-electron chi connectivity index (χ1n) is 4.71. The van der Waals surface area contributed by atoms with Crippen LogP contribution in [0.5, 0.6) is 0 Å². The van der Waals surface area contributed by atoms with Crippen molar-refractivity contribution >= 4 is 32.9 Å². The second-order valence-corrected chi connectivity index (χ2v) is 6.17. The van der Waals surface area contributed by atoms with Gasteiger partial charge in [-0.1, -0.05) is 11.6 Å². The Labute approximate surface area is 99.9 Å². The van der Waals surface area contributed by atoms with E-state index in [1.165, 1.54) is 6.26 Å². The third-order valence-corrected chi connectivity index (χ3v) is 3.04. The van der Waals surface area contributed by atoms with Crippen LogP contribution in [-0.4, -0.2) is 32.0 Å². The topological polar surface area (TPSA) is 85.1 Å². The Morgan fingerprint density at radius 1 is 1.50 bits per heavy atom. The van der Waals surface area contributed by atoms with Gasteiger partial charge >= 0.3 is 0 Å². The molecule has 0 amide bonds. The third kappa shape index (κ3) is 5.18. The van der Waals surface area contributed by atoms with E-state index in [1.807, 2.05) is 0 Å². The lowest BCUT2D eigenvalue weighted by Gasteiger charge is -2.06. The molecular formula is C9H14ClN3O2S. The Kier molecular flexibility index (Phi) is 4.37. The Morgan fingerprint density at radius 3 is 2.75 bits per heavy atom. The van der Waals surface area contributed by atoms with Crippen LogP contribution in [0.15, 0.2) is 12.1 Å². The molecule has 7 heteroatoms. The van der Waals surface area contributed by atoms with Crippen LogP contribution in [0.1, 0.15) is 6.42 Å². The summed E-state index contributed by atoms with van der Waals surface area (Å²) in [5, 5.41) is 3.27. The molecule has 0 aliphatic carbocycles. The molecule has 16 heavy (non-hydrogen) atoms. The van der Waals surface area contributed by atoms with E-state index in [-0.39, 0.29) is 5.75 Å². The van der Waals surface area contributed by atoms with Crippen LogP contribution >= 0.6 is 11.6 Å². The highest BCUT2D eigenvalue weighted by molar-refractivity contribution is 7.90. The van der Waals surface area contributed by atoms with Crippen molar-refractivity contribution in [2.75, 3.05) is 29.6 Å². The maximum absolute atomic E-state index is 10.9. The first kappa shape index (κ1) is 13.1. The summed E-state index contributed by atoms with van der Waals surface area (Å²) in [6.07, 6.45) is 1.73. The van der Waals surface area contributed by atoms with Crippen LogP contribution in [0.3, 0.4) is 0 Å². The Balaban J connectivity index is 2.43. The van der Waals surface area contributed by atoms with Gasteiger partial charge in [-0.2, -0.15) is 0 Å². The predicted molar refractivity (Wildman–Crippen MR) is 66.5 cm³/mol. The van der Waals surface area contributed by atoms with Crippen molar-refractivity contribution in [1.29, 1.82) is 0 Å². The number of nitrogens with one attached hydrogen (secondary N) is 1. The summed E-state index contributed by atoms with van der Waals surface area (Å²) in [5.41, 5.74) is 6.09. The van der Waals surface area contributed by atoms with Crippen LogP contribution in [-0.2, 0) is 9.84 Å². The molecule has 1 rings (SSSR count). The van der Waals surface area contributed by atoms with Crippen molar-refractivity contribution in [1.82, 2.24) is 4.98 Å². The average Bonchev–Trinajstić information content (AvgIpc) is 2.09. The number of rotatable bonds is 5. The summed E-state index contributed by atoms with van der Waals surface area (Å²) in [4.78, 5) is 3.99. The first-order valence-corrected chi connectivity index (χ1v) is 7.15. The molecule has 0 saturated carbocycles. The van der Waals surface area contributed by atoms with Gasteiger partial charge in [-0.15, -0.1) is 0 Å². The SMILES string of the molecule is CS(=O)(=O)CCCNc1cc(N)cc(Cl)n1. The minimum Gasteiger partial charge on any atom is -0.399 e. The third-order valence-electron chi connectivity index (χ3n) is 1.81. The summed E-state index contributed by atoms with van der Waals surface area (Å²) in [7, 11) is -2.91. The quantitative estimate of drug-likeness (QED) is 0.615. The fraction of sp³-hybridized carbons (Fsp3) is 0.444. The molecule has 0 aliphatic rings. The van der Waals surface area contributed by atoms with Crippen molar-refractivity contribution < 1.29 is 8.42 Å². The number of hydrogen-bond acceptors (Lipinski definition) is 5. The molecule has 0 aliphatic heterocycles. The number of sulfone groups is 1. The number of halogens is 1. The minimum absolute atomic E-state index is 0.149. The molecule has 1 heterocycles. The number of nitrogen functional groups attached to an aromatic ring is 1. The van der Waals surface area contributed by atoms with Crippen LogP contribution in [0, 0.1) is 0 Å². The number of anilines is 2. The first-order chi connectivity index (χ1) is 7.37. The molecule has 5 nitrogen and oxygen atoms in total. The van der Waals surface area contributed by atoms with Gasteiger partial charge in [0.15, 0.2) is 0 Å². The van der Waals surface area contributed by atoms with E-state index in [1.54, 1.807) is 12.1 Å². The van der Waals surface area contributed by atoms with Gasteiger partial charge in [-0.3, -0.25) is 0 Å². The van der Waals surface area contributed by atoms with E-state index in [4.69, 9.17) is 17.3 Å². The standard InChI is InChI=1S/C9H14ClN3O2S/c1-16(14,15)4-2-3-12-9-6-7(11)5-8(10)13-9/h5-6H,2-4H2,1H3,(H3,11,12,13). The number of hydrogen-bond donors (Lipinski definition) is 2. The van der Waals surface area contributed by atoms with Gasteiger partial charge in [-0.25, -0.2) is 13.4 Å². The van der Waals surface area contributed by atoms with Gasteiger partial charge in [0.1, 0.15) is 20.8 Å². The molecule has 0 radical (unpaired) electrons. The van der Waals surface area contributed by atoms with Crippen molar-refractivity contribution in [2.45, 2.75) is 6.42 Å². The highest BCUT2D eigenvalue weighted by Gasteiger charge is 2.02. The predicted octanol–water partition coefficient (Wildman–Crippen LogP) is 1.16. The summed E-state index contributed by atoms with van der Waals surface area (Å²) in [6, 6.07) is 3.19. The van der Waals surface area contributed by atoms with Crippen LogP contribution in [0.25, 0.3) is 0 Å². The second-order valence-electron chi connectivity index (χ2n) is 3.52. The lowest BCUT2D eigenvalue weighted by molar-refractivity contribution is 0.600. The van der Waals surface area contributed by atoms with Crippen LogP contribution < -0.4 is 11.1 Å². The molecule has 0 fully saturated rings. The van der Waals surface area contributed by atoms with E-state index in [0.29, 0.717) is 29.6 Å². The van der Waals surface area contributed by atoms with Gasteiger partial charge in [0.25, 0.3) is 0 Å². The van der Waals surface area contributed by atoms with Crippen molar-refractivity contribution in [3.8, 4) is 0 Å². The molecule has 0 atom stereocenters. The van der Waals surface area contributed by atoms with Crippen LogP contribution in [0.2, 0.25) is 5.15 Å². The molecule has 0 saturated heterocycles. The lowest BCUT2D eigenvalue weighted by Crippen LogP contribution is -2.10. The summed E-state index contributed by atoms with van der Waals surface area (Å²) < 4.78 is 21.7. The molecule has 1 aromatic rings. The molecule has 90 valence electrons. The van der Waals surface area contributed by atoms with Gasteiger partial charge < -0.3 is 11.1 Å². The molecule has 0 aromatic carbocycles. The van der Waals surface area contributed by atoms with Crippen LogP contribution in [0.4, 0.5) is 11.5 Å². The van der Waals surface area contributed by atoms with E-state index in [9.17, 15) is 8.42 Å². The second kappa shape index (κ2) is 5.36. The van der Waals surface area contributed by atoms with Crippen molar-refractivity contribution in [3.63, 3.8) is 0 Å². The fourth-order valence-corrected chi connectivity index (χ4v) is 2.04. The normalized spacial score (nSPS) is 11.4. The fourth-order valence-electron chi connectivity index (χ4n) is 1.16. The smallest absolute Gasteiger partial charge is 0.147 e. The molecule has 1 aromatic heterocycles. The van der Waals surface area contributed by atoms with Gasteiger partial charge in [-0.05, 0) is 12.5 Å². The minimum atomic E-state index is -2.91. The maximum atomic E-state index is 10.9. The van der Waals surface area contributed by atoms with Crippen molar-refractivity contribution in [2.24, 2.45) is 0 Å². The molecule has 0 spiro atoms. The van der Waals surface area contributed by atoms with E-state index in [0.717, 1.165) is 0 Å². The highest BCUT2D eigenvalue weighted by atomic mass is 35.5. The zero-order valence-electron chi connectivity index (χ0n) is 8.90. The van der Waals surface area contributed by atoms with Gasteiger partial charge in [0.05, 0.1) is 5.75 Å². The Morgan fingerprint density at radius 2 is 2.19 bits per heavy atom. The summed E-state index contributed by atoms with van der Waals surface area (Å²) in [6.45, 7) is 0.514. The maximum Gasteiger partial charge on any atom is 0.147 e. The number of nitrogens with zero attached hydrogens (tertiary/aromatic N) is 1.